The predicted molar refractivity (Wildman–Crippen MR) is 62.0 cm³/mol. The van der Waals surface area contributed by atoms with E-state index in [0.29, 0.717) is 5.41 Å². The topological polar surface area (TPSA) is 0 Å². The molecule has 3 aliphatic rings. The molecule has 0 aliphatic heterocycles. The van der Waals surface area contributed by atoms with Crippen molar-refractivity contribution in [3.05, 3.63) is 49.1 Å². The highest BCUT2D eigenvalue weighted by atomic mass is 14.4. The van der Waals surface area contributed by atoms with Gasteiger partial charge in [-0.25, -0.2) is 0 Å². The monoisotopic (exact) mass is 186 g/mol. The highest BCUT2D eigenvalue weighted by molar-refractivity contribution is 5.21. The molecule has 1 saturated carbocycles. The standard InChI is InChI=1S/C9H12.C5H6/c1-2-9-5-3-8(7-9)4-6-9;1-2-4-5-3-1/h2-3,5,8H,1,4,6-7H2;1-4H,5H2. The maximum atomic E-state index is 3.86. The SMILES string of the molecule is C1=CCC=C1.C=CC12C=CC(CC1)C2. The van der Waals surface area contributed by atoms with Crippen LogP contribution >= 0.6 is 0 Å². The van der Waals surface area contributed by atoms with Crippen LogP contribution in [-0.2, 0) is 0 Å². The summed E-state index contributed by atoms with van der Waals surface area (Å²) in [6.07, 6.45) is 20.4. The molecule has 0 radical (unpaired) electrons. The lowest BCUT2D eigenvalue weighted by Crippen LogP contribution is -2.05. The highest BCUT2D eigenvalue weighted by Crippen LogP contribution is 2.49. The van der Waals surface area contributed by atoms with Gasteiger partial charge in [0.15, 0.2) is 0 Å². The number of allylic oxidation sites excluding steroid dienone is 7. The molecule has 0 aromatic rings. The van der Waals surface area contributed by atoms with E-state index < -0.39 is 0 Å². The first kappa shape index (κ1) is 9.51. The van der Waals surface area contributed by atoms with Crippen molar-refractivity contribution in [1.82, 2.24) is 0 Å². The van der Waals surface area contributed by atoms with Gasteiger partial charge in [-0.3, -0.25) is 0 Å². The fourth-order valence-electron chi connectivity index (χ4n) is 2.44. The fourth-order valence-corrected chi connectivity index (χ4v) is 2.44. The molecule has 0 aromatic carbocycles. The maximum absolute atomic E-state index is 3.86. The third kappa shape index (κ3) is 1.89. The van der Waals surface area contributed by atoms with E-state index >= 15 is 0 Å². The predicted octanol–water partition coefficient (Wildman–Crippen LogP) is 4.03. The van der Waals surface area contributed by atoms with E-state index in [0.717, 1.165) is 12.3 Å². The van der Waals surface area contributed by atoms with Crippen molar-refractivity contribution in [3.63, 3.8) is 0 Å². The highest BCUT2D eigenvalue weighted by Gasteiger charge is 2.37. The van der Waals surface area contributed by atoms with E-state index in [1.165, 1.54) is 19.3 Å². The zero-order chi connectivity index (χ0) is 9.86. The van der Waals surface area contributed by atoms with Crippen LogP contribution in [0.15, 0.2) is 49.1 Å². The lowest BCUT2D eigenvalue weighted by molar-refractivity contribution is 0.525. The van der Waals surface area contributed by atoms with Crippen molar-refractivity contribution in [1.29, 1.82) is 0 Å². The average molecular weight is 186 g/mol. The summed E-state index contributed by atoms with van der Waals surface area (Å²) in [6.45, 7) is 3.86. The van der Waals surface area contributed by atoms with Gasteiger partial charge in [0.05, 0.1) is 0 Å². The van der Waals surface area contributed by atoms with Crippen molar-refractivity contribution in [2.24, 2.45) is 11.3 Å². The Morgan fingerprint density at radius 1 is 1.29 bits per heavy atom. The Kier molecular flexibility index (Phi) is 2.72. The average Bonchev–Trinajstić information content (AvgIpc) is 2.98. The third-order valence-corrected chi connectivity index (χ3v) is 3.39. The fraction of sp³-hybridized carbons (Fsp3) is 0.429. The molecule has 0 saturated heterocycles. The van der Waals surface area contributed by atoms with Gasteiger partial charge < -0.3 is 0 Å². The van der Waals surface area contributed by atoms with Crippen LogP contribution in [0.5, 0.6) is 0 Å². The summed E-state index contributed by atoms with van der Waals surface area (Å²) in [5.41, 5.74) is 0.435. The second-order valence-electron chi connectivity index (χ2n) is 4.39. The Morgan fingerprint density at radius 2 is 2.07 bits per heavy atom. The second kappa shape index (κ2) is 4.00. The van der Waals surface area contributed by atoms with Crippen LogP contribution in [0.25, 0.3) is 0 Å². The van der Waals surface area contributed by atoms with Gasteiger partial charge in [-0.15, -0.1) is 6.58 Å². The number of fused-ring (bicyclic) bond motifs is 2. The first-order chi connectivity index (χ1) is 6.85. The van der Waals surface area contributed by atoms with Crippen molar-refractivity contribution in [2.45, 2.75) is 25.7 Å². The van der Waals surface area contributed by atoms with Gasteiger partial charge in [0.25, 0.3) is 0 Å². The zero-order valence-electron chi connectivity index (χ0n) is 8.65. The van der Waals surface area contributed by atoms with E-state index in [-0.39, 0.29) is 0 Å². The van der Waals surface area contributed by atoms with Crippen molar-refractivity contribution in [2.75, 3.05) is 0 Å². The van der Waals surface area contributed by atoms with Gasteiger partial charge in [0.1, 0.15) is 0 Å². The van der Waals surface area contributed by atoms with Gasteiger partial charge in [0, 0.05) is 5.41 Å². The Labute approximate surface area is 86.7 Å². The maximum Gasteiger partial charge on any atom is 0.00642 e. The molecule has 0 nitrogen and oxygen atoms in total. The molecule has 0 amide bonds. The molecule has 0 heteroatoms. The van der Waals surface area contributed by atoms with Crippen LogP contribution in [0.4, 0.5) is 0 Å². The molecule has 2 atom stereocenters. The van der Waals surface area contributed by atoms with Crippen LogP contribution in [0.3, 0.4) is 0 Å². The minimum Gasteiger partial charge on any atom is -0.102 e. The van der Waals surface area contributed by atoms with E-state index in [4.69, 9.17) is 0 Å². The van der Waals surface area contributed by atoms with Crippen molar-refractivity contribution >= 4 is 0 Å². The van der Waals surface area contributed by atoms with Crippen LogP contribution in [-0.4, -0.2) is 0 Å². The Hall–Kier alpha value is -1.04. The zero-order valence-corrected chi connectivity index (χ0v) is 8.65. The minimum absolute atomic E-state index is 0.435. The quantitative estimate of drug-likeness (QED) is 0.542. The molecule has 3 aliphatic carbocycles. The van der Waals surface area contributed by atoms with Crippen molar-refractivity contribution < 1.29 is 0 Å². The van der Waals surface area contributed by atoms with Gasteiger partial charge in [0.2, 0.25) is 0 Å². The molecule has 14 heavy (non-hydrogen) atoms. The minimum atomic E-state index is 0.435. The summed E-state index contributed by atoms with van der Waals surface area (Å²) in [4.78, 5) is 0. The molecule has 0 aromatic heterocycles. The van der Waals surface area contributed by atoms with Gasteiger partial charge in [-0.2, -0.15) is 0 Å². The smallest absolute Gasteiger partial charge is 0.00642 e. The molecule has 0 spiro atoms. The lowest BCUT2D eigenvalue weighted by atomic mass is 9.88. The Balaban J connectivity index is 0.000000128. The summed E-state index contributed by atoms with van der Waals surface area (Å²) in [5.74, 6) is 0.892. The Morgan fingerprint density at radius 3 is 2.29 bits per heavy atom. The largest absolute Gasteiger partial charge is 0.102 e. The summed E-state index contributed by atoms with van der Waals surface area (Å²) in [6, 6.07) is 0. The molecular formula is C14H18. The van der Waals surface area contributed by atoms with Crippen LogP contribution in [0.2, 0.25) is 0 Å². The van der Waals surface area contributed by atoms with E-state index in [1.807, 2.05) is 0 Å². The molecule has 0 N–H and O–H groups in total. The molecule has 0 heterocycles. The lowest BCUT2D eigenvalue weighted by Gasteiger charge is -2.16. The van der Waals surface area contributed by atoms with Crippen LogP contribution in [0, 0.1) is 11.3 Å². The molecule has 74 valence electrons. The molecule has 1 fully saturated rings. The number of hydrogen-bond donors (Lipinski definition) is 0. The first-order valence-corrected chi connectivity index (χ1v) is 5.49. The summed E-state index contributed by atoms with van der Waals surface area (Å²) >= 11 is 0. The van der Waals surface area contributed by atoms with Crippen molar-refractivity contribution in [3.8, 4) is 0 Å². The summed E-state index contributed by atoms with van der Waals surface area (Å²) in [7, 11) is 0. The normalized spacial score (nSPS) is 35.9. The van der Waals surface area contributed by atoms with Gasteiger partial charge >= 0.3 is 0 Å². The molecule has 3 rings (SSSR count). The number of hydrogen-bond acceptors (Lipinski definition) is 0. The molecular weight excluding hydrogens is 168 g/mol. The van der Waals surface area contributed by atoms with Gasteiger partial charge in [-0.05, 0) is 31.6 Å². The first-order valence-electron chi connectivity index (χ1n) is 5.49. The van der Waals surface area contributed by atoms with Crippen LogP contribution < -0.4 is 0 Å². The second-order valence-corrected chi connectivity index (χ2v) is 4.39. The van der Waals surface area contributed by atoms with E-state index in [9.17, 15) is 0 Å². The van der Waals surface area contributed by atoms with E-state index in [2.05, 4.69) is 49.1 Å². The van der Waals surface area contributed by atoms with Gasteiger partial charge in [-0.1, -0.05) is 42.5 Å². The third-order valence-electron chi connectivity index (χ3n) is 3.39. The Bertz CT molecular complexity index is 283. The van der Waals surface area contributed by atoms with E-state index in [1.54, 1.807) is 0 Å². The summed E-state index contributed by atoms with van der Waals surface area (Å²) in [5, 5.41) is 0. The number of rotatable bonds is 1. The summed E-state index contributed by atoms with van der Waals surface area (Å²) < 4.78 is 0. The van der Waals surface area contributed by atoms with Crippen LogP contribution in [0.1, 0.15) is 25.7 Å². The molecule has 2 unspecified atom stereocenters. The molecule has 2 bridgehead atoms.